The summed E-state index contributed by atoms with van der Waals surface area (Å²) in [5.41, 5.74) is 2.48. The fourth-order valence-corrected chi connectivity index (χ4v) is 3.17. The van der Waals surface area contributed by atoms with Gasteiger partial charge in [0.25, 0.3) is 0 Å². The van der Waals surface area contributed by atoms with Crippen molar-refractivity contribution in [3.63, 3.8) is 0 Å². The number of thiazole rings is 1. The highest BCUT2D eigenvalue weighted by atomic mass is 35.5. The molecule has 6 heteroatoms. The van der Waals surface area contributed by atoms with Gasteiger partial charge >= 0.3 is 5.97 Å². The normalized spacial score (nSPS) is 10.5. The number of carbonyl (C=O) groups is 1. The molecule has 24 heavy (non-hydrogen) atoms. The van der Waals surface area contributed by atoms with Crippen LogP contribution in [0.2, 0.25) is 5.02 Å². The number of aliphatic carboxylic acids is 1. The lowest BCUT2D eigenvalue weighted by atomic mass is 10.1. The molecule has 3 rings (SSSR count). The molecule has 0 saturated heterocycles. The average molecular weight is 360 g/mol. The van der Waals surface area contributed by atoms with Crippen LogP contribution in [0.15, 0.2) is 53.9 Å². The number of rotatable bonds is 6. The van der Waals surface area contributed by atoms with Crippen LogP contribution in [0.5, 0.6) is 5.75 Å². The van der Waals surface area contributed by atoms with Gasteiger partial charge in [-0.1, -0.05) is 41.9 Å². The Balaban J connectivity index is 1.85. The first-order valence-electron chi connectivity index (χ1n) is 7.24. The van der Waals surface area contributed by atoms with Gasteiger partial charge in [-0.05, 0) is 23.8 Å². The number of nitrogens with zero attached hydrogens (tertiary/aromatic N) is 1. The number of benzene rings is 2. The maximum atomic E-state index is 10.8. The Morgan fingerprint density at radius 1 is 1.21 bits per heavy atom. The highest BCUT2D eigenvalue weighted by Gasteiger charge is 2.13. The van der Waals surface area contributed by atoms with Gasteiger partial charge in [0, 0.05) is 16.0 Å². The molecule has 2 aromatic carbocycles. The van der Waals surface area contributed by atoms with Crippen molar-refractivity contribution < 1.29 is 14.6 Å². The second-order valence-corrected chi connectivity index (χ2v) is 6.49. The Hall–Kier alpha value is -2.37. The lowest BCUT2D eigenvalue weighted by molar-refractivity contribution is -0.136. The van der Waals surface area contributed by atoms with E-state index in [1.807, 2.05) is 35.7 Å². The largest absolute Gasteiger partial charge is 0.488 e. The first kappa shape index (κ1) is 16.5. The predicted molar refractivity (Wildman–Crippen MR) is 94.7 cm³/mol. The number of ether oxygens (including phenoxy) is 1. The zero-order valence-corrected chi connectivity index (χ0v) is 14.2. The van der Waals surface area contributed by atoms with E-state index in [-0.39, 0.29) is 6.42 Å². The fourth-order valence-electron chi connectivity index (χ4n) is 2.21. The fraction of sp³-hybridized carbons (Fsp3) is 0.111. The van der Waals surface area contributed by atoms with Crippen LogP contribution in [0.4, 0.5) is 0 Å². The summed E-state index contributed by atoms with van der Waals surface area (Å²) in [5, 5.41) is 11.8. The zero-order chi connectivity index (χ0) is 16.9. The van der Waals surface area contributed by atoms with Crippen molar-refractivity contribution in [3.05, 3.63) is 69.5 Å². The van der Waals surface area contributed by atoms with Gasteiger partial charge in [0.15, 0.2) is 0 Å². The van der Waals surface area contributed by atoms with Crippen molar-refractivity contribution in [2.45, 2.75) is 13.0 Å². The minimum Gasteiger partial charge on any atom is -0.488 e. The Labute approximate surface area is 148 Å². The summed E-state index contributed by atoms with van der Waals surface area (Å²) >= 11 is 7.41. The molecule has 4 nitrogen and oxygen atoms in total. The highest BCUT2D eigenvalue weighted by molar-refractivity contribution is 7.10. The highest BCUT2D eigenvalue weighted by Crippen LogP contribution is 2.34. The van der Waals surface area contributed by atoms with Gasteiger partial charge in [0.2, 0.25) is 0 Å². The molecule has 1 aromatic heterocycles. The molecule has 0 fully saturated rings. The molecule has 0 radical (unpaired) electrons. The van der Waals surface area contributed by atoms with E-state index >= 15 is 0 Å². The molecular formula is C18H14ClNO3S. The maximum Gasteiger partial charge on any atom is 0.310 e. The van der Waals surface area contributed by atoms with Crippen LogP contribution >= 0.6 is 22.9 Å². The van der Waals surface area contributed by atoms with Gasteiger partial charge in [-0.15, -0.1) is 11.3 Å². The van der Waals surface area contributed by atoms with Gasteiger partial charge < -0.3 is 9.84 Å². The van der Waals surface area contributed by atoms with Crippen LogP contribution in [-0.4, -0.2) is 16.1 Å². The molecule has 0 spiro atoms. The van der Waals surface area contributed by atoms with Gasteiger partial charge in [-0.25, -0.2) is 4.98 Å². The van der Waals surface area contributed by atoms with Gasteiger partial charge in [0.05, 0.1) is 12.1 Å². The van der Waals surface area contributed by atoms with Crippen molar-refractivity contribution in [3.8, 4) is 17.0 Å². The first-order valence-corrected chi connectivity index (χ1v) is 8.50. The van der Waals surface area contributed by atoms with Crippen molar-refractivity contribution in [2.24, 2.45) is 0 Å². The van der Waals surface area contributed by atoms with E-state index in [9.17, 15) is 4.79 Å². The molecule has 122 valence electrons. The smallest absolute Gasteiger partial charge is 0.310 e. The Bertz CT molecular complexity index is 848. The molecule has 1 N–H and O–H groups in total. The molecule has 0 atom stereocenters. The lowest BCUT2D eigenvalue weighted by Crippen LogP contribution is -1.99. The maximum absolute atomic E-state index is 10.8. The van der Waals surface area contributed by atoms with Gasteiger partial charge in [0.1, 0.15) is 17.4 Å². The molecule has 0 unspecified atom stereocenters. The van der Waals surface area contributed by atoms with E-state index in [0.717, 1.165) is 11.1 Å². The number of halogens is 1. The third kappa shape index (κ3) is 4.13. The first-order chi connectivity index (χ1) is 11.6. The van der Waals surface area contributed by atoms with Crippen LogP contribution in [0.25, 0.3) is 11.3 Å². The van der Waals surface area contributed by atoms with E-state index in [1.165, 1.54) is 11.3 Å². The van der Waals surface area contributed by atoms with Crippen LogP contribution < -0.4 is 4.74 Å². The minimum atomic E-state index is -0.900. The molecule has 0 aliphatic rings. The monoisotopic (exact) mass is 359 g/mol. The average Bonchev–Trinajstić information content (AvgIpc) is 3.02. The summed E-state index contributed by atoms with van der Waals surface area (Å²) in [4.78, 5) is 15.2. The van der Waals surface area contributed by atoms with E-state index in [2.05, 4.69) is 4.98 Å². The van der Waals surface area contributed by atoms with Crippen molar-refractivity contribution in [2.75, 3.05) is 0 Å². The molecular weight excluding hydrogens is 346 g/mol. The van der Waals surface area contributed by atoms with Crippen molar-refractivity contribution in [1.82, 2.24) is 4.98 Å². The lowest BCUT2D eigenvalue weighted by Gasteiger charge is -2.11. The second-order valence-electron chi connectivity index (χ2n) is 5.11. The summed E-state index contributed by atoms with van der Waals surface area (Å²) in [7, 11) is 0. The third-order valence-electron chi connectivity index (χ3n) is 3.31. The third-order valence-corrected chi connectivity index (χ3v) is 4.39. The number of hydrogen-bond acceptors (Lipinski definition) is 4. The molecule has 0 amide bonds. The molecule has 0 bridgehead atoms. The van der Waals surface area contributed by atoms with Crippen molar-refractivity contribution >= 4 is 28.9 Å². The van der Waals surface area contributed by atoms with Gasteiger partial charge in [-0.3, -0.25) is 4.79 Å². The Kier molecular flexibility index (Phi) is 5.13. The quantitative estimate of drug-likeness (QED) is 0.694. The standard InChI is InChI=1S/C18H14ClNO3S/c19-13-6-7-16(23-10-12-4-2-1-3-5-12)14(8-13)15-11-24-17(20-15)9-18(21)22/h1-8,11H,9-10H2,(H,21,22). The number of aromatic nitrogens is 1. The molecule has 0 aliphatic heterocycles. The van der Waals surface area contributed by atoms with Crippen LogP contribution in [0, 0.1) is 0 Å². The van der Waals surface area contributed by atoms with Crippen LogP contribution in [-0.2, 0) is 17.8 Å². The second kappa shape index (κ2) is 7.47. The number of hydrogen-bond donors (Lipinski definition) is 1. The predicted octanol–water partition coefficient (Wildman–Crippen LogP) is 4.67. The minimum absolute atomic E-state index is 0.0918. The summed E-state index contributed by atoms with van der Waals surface area (Å²) in [6.45, 7) is 0.432. The number of carboxylic acid groups (broad SMARTS) is 1. The van der Waals surface area contributed by atoms with E-state index in [4.69, 9.17) is 21.4 Å². The molecule has 1 heterocycles. The summed E-state index contributed by atoms with van der Waals surface area (Å²) in [5.74, 6) is -0.238. The Morgan fingerprint density at radius 2 is 2.00 bits per heavy atom. The van der Waals surface area contributed by atoms with Crippen molar-refractivity contribution in [1.29, 1.82) is 0 Å². The topological polar surface area (TPSA) is 59.4 Å². The van der Waals surface area contributed by atoms with Crippen LogP contribution in [0.3, 0.4) is 0 Å². The zero-order valence-electron chi connectivity index (χ0n) is 12.6. The number of carboxylic acids is 1. The van der Waals surface area contributed by atoms with E-state index in [0.29, 0.717) is 28.1 Å². The van der Waals surface area contributed by atoms with E-state index in [1.54, 1.807) is 18.2 Å². The summed E-state index contributed by atoms with van der Waals surface area (Å²) < 4.78 is 5.91. The van der Waals surface area contributed by atoms with Crippen LogP contribution in [0.1, 0.15) is 10.6 Å². The Morgan fingerprint density at radius 3 is 2.75 bits per heavy atom. The SMILES string of the molecule is O=C(O)Cc1nc(-c2cc(Cl)ccc2OCc2ccccc2)cs1. The molecule has 0 saturated carbocycles. The molecule has 3 aromatic rings. The summed E-state index contributed by atoms with van der Waals surface area (Å²) in [6, 6.07) is 15.2. The summed E-state index contributed by atoms with van der Waals surface area (Å²) in [6.07, 6.45) is -0.0918. The van der Waals surface area contributed by atoms with Gasteiger partial charge in [-0.2, -0.15) is 0 Å². The van der Waals surface area contributed by atoms with E-state index < -0.39 is 5.97 Å². The molecule has 0 aliphatic carbocycles.